The molecule has 0 spiro atoms. The van der Waals surface area contributed by atoms with Gasteiger partial charge in [-0.15, -0.1) is 0 Å². The molecule has 2 aromatic carbocycles. The fourth-order valence-electron chi connectivity index (χ4n) is 3.71. The van der Waals surface area contributed by atoms with E-state index in [-0.39, 0.29) is 18.6 Å². The Morgan fingerprint density at radius 2 is 2.00 bits per heavy atom. The molecule has 1 fully saturated rings. The van der Waals surface area contributed by atoms with E-state index >= 15 is 0 Å². The zero-order chi connectivity index (χ0) is 18.8. The summed E-state index contributed by atoms with van der Waals surface area (Å²) < 4.78 is 5.48. The number of hydrogen-bond acceptors (Lipinski definition) is 4. The van der Waals surface area contributed by atoms with Crippen LogP contribution < -0.4 is 4.74 Å². The van der Waals surface area contributed by atoms with Gasteiger partial charge in [0.05, 0.1) is 25.3 Å². The summed E-state index contributed by atoms with van der Waals surface area (Å²) in [6, 6.07) is 17.4. The number of benzene rings is 2. The summed E-state index contributed by atoms with van der Waals surface area (Å²) in [7, 11) is 1.61. The Balaban J connectivity index is 1.66. The van der Waals surface area contributed by atoms with E-state index in [1.165, 1.54) is 0 Å². The first kappa shape index (κ1) is 17.5. The molecule has 4 rings (SSSR count). The maximum absolute atomic E-state index is 12.7. The molecule has 0 saturated carbocycles. The predicted molar refractivity (Wildman–Crippen MR) is 105 cm³/mol. The molecule has 138 valence electrons. The van der Waals surface area contributed by atoms with Crippen molar-refractivity contribution in [2.45, 2.75) is 18.9 Å². The molecule has 1 amide bonds. The smallest absolute Gasteiger partial charge is 0.254 e. The summed E-state index contributed by atoms with van der Waals surface area (Å²) in [5.74, 6) is 0.536. The lowest BCUT2D eigenvalue weighted by molar-refractivity contribution is 0.0677. The number of aromatic nitrogens is 1. The minimum atomic E-state index is -0.0676. The number of ether oxygens (including phenoxy) is 1. The van der Waals surface area contributed by atoms with Crippen LogP contribution in [0.15, 0.2) is 54.6 Å². The van der Waals surface area contributed by atoms with Crippen LogP contribution in [0.5, 0.6) is 5.88 Å². The number of amides is 1. The first-order valence-corrected chi connectivity index (χ1v) is 9.17. The Morgan fingerprint density at radius 3 is 2.74 bits per heavy atom. The molecule has 27 heavy (non-hydrogen) atoms. The molecule has 5 heteroatoms. The number of hydrogen-bond donors (Lipinski definition) is 1. The molecule has 0 unspecified atom stereocenters. The normalized spacial score (nSPS) is 16.7. The topological polar surface area (TPSA) is 62.7 Å². The lowest BCUT2D eigenvalue weighted by atomic mass is 10.0. The SMILES string of the molecule is COc1nc2ccccc2cc1-c1ccc(C(=O)N2CCC[C@H]2CO)cc1. The molecule has 0 bridgehead atoms. The van der Waals surface area contributed by atoms with E-state index in [9.17, 15) is 9.90 Å². The predicted octanol–water partition coefficient (Wildman–Crippen LogP) is 3.51. The highest BCUT2D eigenvalue weighted by molar-refractivity contribution is 5.95. The van der Waals surface area contributed by atoms with Crippen LogP contribution in [0.25, 0.3) is 22.0 Å². The zero-order valence-corrected chi connectivity index (χ0v) is 15.3. The Kier molecular flexibility index (Phi) is 4.77. The van der Waals surface area contributed by atoms with Gasteiger partial charge in [0.25, 0.3) is 5.91 Å². The Bertz CT molecular complexity index is 969. The third-order valence-electron chi connectivity index (χ3n) is 5.17. The van der Waals surface area contributed by atoms with Crippen molar-refractivity contribution in [3.05, 3.63) is 60.2 Å². The summed E-state index contributed by atoms with van der Waals surface area (Å²) in [5, 5.41) is 10.5. The van der Waals surface area contributed by atoms with Crippen molar-refractivity contribution in [2.75, 3.05) is 20.3 Å². The van der Waals surface area contributed by atoms with E-state index < -0.39 is 0 Å². The van der Waals surface area contributed by atoms with E-state index in [0.717, 1.165) is 34.9 Å². The van der Waals surface area contributed by atoms with Gasteiger partial charge in [-0.25, -0.2) is 4.98 Å². The van der Waals surface area contributed by atoms with Gasteiger partial charge in [-0.3, -0.25) is 4.79 Å². The van der Waals surface area contributed by atoms with Crippen molar-refractivity contribution >= 4 is 16.8 Å². The molecule has 1 aromatic heterocycles. The van der Waals surface area contributed by atoms with Gasteiger partial charge in [0, 0.05) is 23.1 Å². The van der Waals surface area contributed by atoms with E-state index in [4.69, 9.17) is 4.74 Å². The van der Waals surface area contributed by atoms with Gasteiger partial charge in [0.2, 0.25) is 5.88 Å². The second kappa shape index (κ2) is 7.37. The fourth-order valence-corrected chi connectivity index (χ4v) is 3.71. The second-order valence-corrected chi connectivity index (χ2v) is 6.79. The quantitative estimate of drug-likeness (QED) is 0.771. The highest BCUT2D eigenvalue weighted by atomic mass is 16.5. The van der Waals surface area contributed by atoms with Crippen LogP contribution in [0.2, 0.25) is 0 Å². The number of para-hydroxylation sites is 1. The van der Waals surface area contributed by atoms with Crippen molar-refractivity contribution in [3.8, 4) is 17.0 Å². The number of carbonyl (C=O) groups excluding carboxylic acids is 1. The first-order valence-electron chi connectivity index (χ1n) is 9.17. The summed E-state index contributed by atoms with van der Waals surface area (Å²) in [4.78, 5) is 19.1. The molecule has 3 aromatic rings. The van der Waals surface area contributed by atoms with Gasteiger partial charge in [-0.2, -0.15) is 0 Å². The monoisotopic (exact) mass is 362 g/mol. The maximum Gasteiger partial charge on any atom is 0.254 e. The molecule has 1 aliphatic heterocycles. The van der Waals surface area contributed by atoms with Gasteiger partial charge < -0.3 is 14.7 Å². The number of aliphatic hydroxyl groups excluding tert-OH is 1. The first-order chi connectivity index (χ1) is 13.2. The van der Waals surface area contributed by atoms with Gasteiger partial charge >= 0.3 is 0 Å². The number of nitrogens with zero attached hydrogens (tertiary/aromatic N) is 2. The van der Waals surface area contributed by atoms with E-state index in [1.807, 2.05) is 48.5 Å². The molecule has 0 aliphatic carbocycles. The molecule has 1 atom stereocenters. The van der Waals surface area contributed by atoms with Gasteiger partial charge in [0.1, 0.15) is 0 Å². The third-order valence-corrected chi connectivity index (χ3v) is 5.17. The van der Waals surface area contributed by atoms with Crippen molar-refractivity contribution in [2.24, 2.45) is 0 Å². The summed E-state index contributed by atoms with van der Waals surface area (Å²) in [5.41, 5.74) is 3.35. The minimum absolute atomic E-state index is 0.0176. The highest BCUT2D eigenvalue weighted by Gasteiger charge is 2.28. The molecule has 1 N–H and O–H groups in total. The van der Waals surface area contributed by atoms with Gasteiger partial charge in [0.15, 0.2) is 0 Å². The third kappa shape index (κ3) is 3.26. The number of likely N-dealkylation sites (tertiary alicyclic amines) is 1. The van der Waals surface area contributed by atoms with E-state index in [2.05, 4.69) is 11.1 Å². The van der Waals surface area contributed by atoms with Gasteiger partial charge in [-0.1, -0.05) is 30.3 Å². The zero-order valence-electron chi connectivity index (χ0n) is 15.3. The number of methoxy groups -OCH3 is 1. The number of aliphatic hydroxyl groups is 1. The van der Waals surface area contributed by atoms with Crippen LogP contribution in [-0.2, 0) is 0 Å². The lowest BCUT2D eigenvalue weighted by Gasteiger charge is -2.23. The molecule has 2 heterocycles. The molecule has 0 radical (unpaired) electrons. The molecular weight excluding hydrogens is 340 g/mol. The van der Waals surface area contributed by atoms with Crippen LogP contribution >= 0.6 is 0 Å². The van der Waals surface area contributed by atoms with Crippen LogP contribution in [0, 0.1) is 0 Å². The number of carbonyl (C=O) groups is 1. The van der Waals surface area contributed by atoms with Crippen molar-refractivity contribution in [1.82, 2.24) is 9.88 Å². The van der Waals surface area contributed by atoms with Crippen LogP contribution in [-0.4, -0.2) is 47.2 Å². The second-order valence-electron chi connectivity index (χ2n) is 6.79. The Morgan fingerprint density at radius 1 is 1.22 bits per heavy atom. The summed E-state index contributed by atoms with van der Waals surface area (Å²) >= 11 is 0. The van der Waals surface area contributed by atoms with Crippen molar-refractivity contribution in [1.29, 1.82) is 0 Å². The number of fused-ring (bicyclic) bond motifs is 1. The Labute approximate surface area is 158 Å². The molecule has 5 nitrogen and oxygen atoms in total. The number of rotatable bonds is 4. The maximum atomic E-state index is 12.7. The van der Waals surface area contributed by atoms with Crippen molar-refractivity contribution in [3.63, 3.8) is 0 Å². The van der Waals surface area contributed by atoms with Crippen LogP contribution in [0.4, 0.5) is 0 Å². The van der Waals surface area contributed by atoms with Gasteiger partial charge in [-0.05, 0) is 42.7 Å². The standard InChI is InChI=1S/C22H22N2O3/c1-27-21-19(13-17-5-2-3-7-20(17)23-21)15-8-10-16(11-9-15)22(26)24-12-4-6-18(24)14-25/h2-3,5,7-11,13,18,25H,4,6,12,14H2,1H3/t18-/m0/s1. The Hall–Kier alpha value is -2.92. The minimum Gasteiger partial charge on any atom is -0.481 e. The summed E-state index contributed by atoms with van der Waals surface area (Å²) in [6.45, 7) is 0.720. The number of pyridine rings is 1. The van der Waals surface area contributed by atoms with Crippen molar-refractivity contribution < 1.29 is 14.6 Å². The largest absolute Gasteiger partial charge is 0.481 e. The average molecular weight is 362 g/mol. The lowest BCUT2D eigenvalue weighted by Crippen LogP contribution is -2.37. The van der Waals surface area contributed by atoms with E-state index in [0.29, 0.717) is 18.0 Å². The highest BCUT2D eigenvalue weighted by Crippen LogP contribution is 2.32. The van der Waals surface area contributed by atoms with Crippen LogP contribution in [0.1, 0.15) is 23.2 Å². The fraction of sp³-hybridized carbons (Fsp3) is 0.273. The molecule has 1 saturated heterocycles. The summed E-state index contributed by atoms with van der Waals surface area (Å²) in [6.07, 6.45) is 1.80. The van der Waals surface area contributed by atoms with Crippen LogP contribution in [0.3, 0.4) is 0 Å². The van der Waals surface area contributed by atoms with E-state index in [1.54, 1.807) is 12.0 Å². The average Bonchev–Trinajstić information content (AvgIpc) is 3.21. The molecule has 1 aliphatic rings. The molecular formula is C22H22N2O3.